The summed E-state index contributed by atoms with van der Waals surface area (Å²) in [6, 6.07) is 16.8. The molecule has 1 amide bonds. The molecule has 1 saturated heterocycles. The third-order valence-electron chi connectivity index (χ3n) is 5.45. The molecule has 1 aliphatic rings. The van der Waals surface area contributed by atoms with E-state index in [1.54, 1.807) is 37.5 Å². The van der Waals surface area contributed by atoms with Crippen LogP contribution in [0.3, 0.4) is 0 Å². The summed E-state index contributed by atoms with van der Waals surface area (Å²) in [7, 11) is 3.57. The molecular formula is C24H26N4O3. The maximum Gasteiger partial charge on any atom is 0.258 e. The van der Waals surface area contributed by atoms with Crippen molar-refractivity contribution in [2.75, 3.05) is 32.1 Å². The van der Waals surface area contributed by atoms with E-state index in [0.29, 0.717) is 24.6 Å². The second kappa shape index (κ2) is 9.04. The van der Waals surface area contributed by atoms with Crippen LogP contribution in [-0.4, -0.2) is 47.5 Å². The Bertz CT molecular complexity index is 1090. The Labute approximate surface area is 181 Å². The lowest BCUT2D eigenvalue weighted by Gasteiger charge is -2.19. The van der Waals surface area contributed by atoms with E-state index in [4.69, 9.17) is 4.74 Å². The number of hydrogen-bond donors (Lipinski definition) is 0. The summed E-state index contributed by atoms with van der Waals surface area (Å²) in [4.78, 5) is 33.0. The van der Waals surface area contributed by atoms with Gasteiger partial charge in [0.1, 0.15) is 18.2 Å². The Morgan fingerprint density at radius 2 is 1.97 bits per heavy atom. The lowest BCUT2D eigenvalue weighted by molar-refractivity contribution is -0.132. The summed E-state index contributed by atoms with van der Waals surface area (Å²) >= 11 is 0. The maximum absolute atomic E-state index is 12.6. The molecule has 7 heteroatoms. The van der Waals surface area contributed by atoms with Gasteiger partial charge in [-0.25, -0.2) is 4.98 Å². The van der Waals surface area contributed by atoms with Gasteiger partial charge in [0, 0.05) is 39.4 Å². The first-order valence-electron chi connectivity index (χ1n) is 10.3. The molecule has 0 radical (unpaired) electrons. The topological polar surface area (TPSA) is 67.7 Å². The maximum atomic E-state index is 12.6. The van der Waals surface area contributed by atoms with Gasteiger partial charge in [0.05, 0.1) is 17.8 Å². The smallest absolute Gasteiger partial charge is 0.258 e. The summed E-state index contributed by atoms with van der Waals surface area (Å²) in [5.74, 6) is 1.50. The van der Waals surface area contributed by atoms with Crippen molar-refractivity contribution >= 4 is 11.7 Å². The molecule has 1 aliphatic heterocycles. The predicted molar refractivity (Wildman–Crippen MR) is 120 cm³/mol. The van der Waals surface area contributed by atoms with Crippen LogP contribution in [0.4, 0.5) is 5.82 Å². The second-order valence-corrected chi connectivity index (χ2v) is 7.88. The van der Waals surface area contributed by atoms with Gasteiger partial charge >= 0.3 is 0 Å². The first-order valence-corrected chi connectivity index (χ1v) is 10.3. The summed E-state index contributed by atoms with van der Waals surface area (Å²) in [5, 5.41) is 0. The van der Waals surface area contributed by atoms with Crippen molar-refractivity contribution in [3.63, 3.8) is 0 Å². The molecular weight excluding hydrogens is 392 g/mol. The van der Waals surface area contributed by atoms with Gasteiger partial charge < -0.3 is 14.5 Å². The van der Waals surface area contributed by atoms with Crippen LogP contribution in [0.15, 0.2) is 71.8 Å². The normalized spacial score (nSPS) is 15.7. The zero-order chi connectivity index (χ0) is 21.8. The molecule has 3 heterocycles. The first kappa shape index (κ1) is 20.7. The first-order chi connectivity index (χ1) is 15.0. The number of pyridine rings is 2. The molecule has 160 valence electrons. The highest BCUT2D eigenvalue weighted by molar-refractivity contribution is 5.79. The van der Waals surface area contributed by atoms with Gasteiger partial charge in [0.25, 0.3) is 5.56 Å². The highest BCUT2D eigenvalue weighted by Crippen LogP contribution is 2.24. The number of amides is 1. The standard InChI is InChI=1S/C24H26N4O3/c1-26(2)24(30)19-10-12-27(16-19)22-9-8-20(15-25-22)28-13-11-21(14-23(28)29)31-17-18-6-4-3-5-7-18/h3-9,11,13-15,19H,10,12,16-17H2,1-2H3. The van der Waals surface area contributed by atoms with Crippen molar-refractivity contribution in [3.05, 3.63) is 82.9 Å². The third-order valence-corrected chi connectivity index (χ3v) is 5.45. The summed E-state index contributed by atoms with van der Waals surface area (Å²) in [6.45, 7) is 1.87. The fraction of sp³-hybridized carbons (Fsp3) is 0.292. The Morgan fingerprint density at radius 3 is 2.65 bits per heavy atom. The van der Waals surface area contributed by atoms with E-state index >= 15 is 0 Å². The quantitative estimate of drug-likeness (QED) is 0.616. The molecule has 3 aromatic rings. The van der Waals surface area contributed by atoms with Crippen molar-refractivity contribution in [2.45, 2.75) is 13.0 Å². The minimum atomic E-state index is -0.182. The third kappa shape index (κ3) is 4.77. The molecule has 1 fully saturated rings. The Balaban J connectivity index is 1.42. The molecule has 0 saturated carbocycles. The van der Waals surface area contributed by atoms with E-state index in [1.807, 2.05) is 42.5 Å². The molecule has 4 rings (SSSR count). The van der Waals surface area contributed by atoms with E-state index in [9.17, 15) is 9.59 Å². The number of ether oxygens (including phenoxy) is 1. The minimum absolute atomic E-state index is 0.00234. The molecule has 0 spiro atoms. The largest absolute Gasteiger partial charge is 0.489 e. The van der Waals surface area contributed by atoms with E-state index in [-0.39, 0.29) is 17.4 Å². The highest BCUT2D eigenvalue weighted by atomic mass is 16.5. The fourth-order valence-electron chi connectivity index (χ4n) is 3.75. The lowest BCUT2D eigenvalue weighted by Crippen LogP contribution is -2.32. The number of rotatable bonds is 6. The molecule has 1 aromatic carbocycles. The van der Waals surface area contributed by atoms with Crippen molar-refractivity contribution in [1.82, 2.24) is 14.5 Å². The van der Waals surface area contributed by atoms with E-state index in [0.717, 1.165) is 24.3 Å². The van der Waals surface area contributed by atoms with Gasteiger partial charge in [-0.05, 0) is 30.2 Å². The van der Waals surface area contributed by atoms with Gasteiger partial charge in [-0.15, -0.1) is 0 Å². The van der Waals surface area contributed by atoms with Gasteiger partial charge in [0.15, 0.2) is 0 Å². The summed E-state index contributed by atoms with van der Waals surface area (Å²) in [6.07, 6.45) is 4.20. The molecule has 1 unspecified atom stereocenters. The van der Waals surface area contributed by atoms with Crippen LogP contribution in [0.1, 0.15) is 12.0 Å². The van der Waals surface area contributed by atoms with Crippen LogP contribution in [0.2, 0.25) is 0 Å². The molecule has 1 atom stereocenters. The SMILES string of the molecule is CN(C)C(=O)C1CCN(c2ccc(-n3ccc(OCc4ccccc4)cc3=O)cn2)C1. The summed E-state index contributed by atoms with van der Waals surface area (Å²) in [5.41, 5.74) is 1.55. The molecule has 0 bridgehead atoms. The van der Waals surface area contributed by atoms with Gasteiger partial charge in [-0.2, -0.15) is 0 Å². The van der Waals surface area contributed by atoms with Gasteiger partial charge in [0.2, 0.25) is 5.91 Å². The zero-order valence-corrected chi connectivity index (χ0v) is 17.8. The Hall–Kier alpha value is -3.61. The fourth-order valence-corrected chi connectivity index (χ4v) is 3.75. The highest BCUT2D eigenvalue weighted by Gasteiger charge is 2.29. The van der Waals surface area contributed by atoms with Gasteiger partial charge in [-0.1, -0.05) is 30.3 Å². The molecule has 2 aromatic heterocycles. The predicted octanol–water partition coefficient (Wildman–Crippen LogP) is 2.73. The molecule has 7 nitrogen and oxygen atoms in total. The van der Waals surface area contributed by atoms with Crippen molar-refractivity contribution in [2.24, 2.45) is 5.92 Å². The van der Waals surface area contributed by atoms with Crippen LogP contribution < -0.4 is 15.2 Å². The number of nitrogens with zero attached hydrogens (tertiary/aromatic N) is 4. The zero-order valence-electron chi connectivity index (χ0n) is 17.8. The van der Waals surface area contributed by atoms with Crippen molar-refractivity contribution in [3.8, 4) is 11.4 Å². The lowest BCUT2D eigenvalue weighted by atomic mass is 10.1. The van der Waals surface area contributed by atoms with Crippen LogP contribution in [0, 0.1) is 5.92 Å². The Kier molecular flexibility index (Phi) is 6.02. The minimum Gasteiger partial charge on any atom is -0.489 e. The number of carbonyl (C=O) groups excluding carboxylic acids is 1. The number of benzene rings is 1. The van der Waals surface area contributed by atoms with Crippen LogP contribution in [0.25, 0.3) is 5.69 Å². The second-order valence-electron chi connectivity index (χ2n) is 7.88. The number of aromatic nitrogens is 2. The number of carbonyl (C=O) groups is 1. The summed E-state index contributed by atoms with van der Waals surface area (Å²) < 4.78 is 7.27. The average Bonchev–Trinajstić information content (AvgIpc) is 3.28. The monoisotopic (exact) mass is 418 g/mol. The van der Waals surface area contributed by atoms with E-state index in [1.165, 1.54) is 10.6 Å². The van der Waals surface area contributed by atoms with E-state index in [2.05, 4.69) is 9.88 Å². The molecule has 0 aliphatic carbocycles. The molecule has 0 N–H and O–H groups in total. The van der Waals surface area contributed by atoms with Crippen molar-refractivity contribution in [1.29, 1.82) is 0 Å². The van der Waals surface area contributed by atoms with Crippen LogP contribution in [-0.2, 0) is 11.4 Å². The number of hydrogen-bond acceptors (Lipinski definition) is 5. The average molecular weight is 418 g/mol. The molecule has 31 heavy (non-hydrogen) atoms. The van der Waals surface area contributed by atoms with Crippen molar-refractivity contribution < 1.29 is 9.53 Å². The Morgan fingerprint density at radius 1 is 1.16 bits per heavy atom. The number of anilines is 1. The van der Waals surface area contributed by atoms with E-state index < -0.39 is 0 Å². The van der Waals surface area contributed by atoms with Crippen LogP contribution in [0.5, 0.6) is 5.75 Å². The van der Waals surface area contributed by atoms with Gasteiger partial charge in [-0.3, -0.25) is 14.2 Å². The van der Waals surface area contributed by atoms with Crippen LogP contribution >= 0.6 is 0 Å².